The van der Waals surface area contributed by atoms with Gasteiger partial charge in [0.2, 0.25) is 0 Å². The monoisotopic (exact) mass is 253 g/mol. The summed E-state index contributed by atoms with van der Waals surface area (Å²) in [5, 5.41) is 9.91. The second kappa shape index (κ2) is 6.28. The number of hydrogen-bond donors (Lipinski definition) is 2. The van der Waals surface area contributed by atoms with E-state index >= 15 is 0 Å². The van der Waals surface area contributed by atoms with Gasteiger partial charge in [0, 0.05) is 16.6 Å². The van der Waals surface area contributed by atoms with Crippen LogP contribution in [0.5, 0.6) is 0 Å². The molecular formula is C10H14Cl2FNO. The van der Waals surface area contributed by atoms with Gasteiger partial charge in [-0.25, -0.2) is 4.39 Å². The first-order valence-electron chi connectivity index (χ1n) is 4.45. The van der Waals surface area contributed by atoms with E-state index in [0.29, 0.717) is 6.42 Å². The minimum absolute atomic E-state index is 0. The molecule has 5 heteroatoms. The van der Waals surface area contributed by atoms with Gasteiger partial charge in [0.05, 0.1) is 6.10 Å². The van der Waals surface area contributed by atoms with Gasteiger partial charge >= 0.3 is 0 Å². The quantitative estimate of drug-likeness (QED) is 0.871. The SMILES string of the molecule is CCC(N)C(O)c1c(F)cccc1Cl.Cl. The Morgan fingerprint density at radius 3 is 2.60 bits per heavy atom. The number of halogens is 3. The third-order valence-corrected chi connectivity index (χ3v) is 2.50. The van der Waals surface area contributed by atoms with Gasteiger partial charge in [-0.15, -0.1) is 12.4 Å². The second-order valence-corrected chi connectivity index (χ2v) is 3.56. The number of aliphatic hydroxyl groups excluding tert-OH is 1. The van der Waals surface area contributed by atoms with Crippen molar-refractivity contribution in [2.75, 3.05) is 0 Å². The average Bonchev–Trinajstić information content (AvgIpc) is 2.16. The van der Waals surface area contributed by atoms with Crippen LogP contribution in [0.2, 0.25) is 5.02 Å². The molecule has 86 valence electrons. The highest BCUT2D eigenvalue weighted by atomic mass is 35.5. The molecule has 1 aromatic rings. The zero-order valence-electron chi connectivity index (χ0n) is 8.28. The van der Waals surface area contributed by atoms with Crippen LogP contribution < -0.4 is 5.73 Å². The van der Waals surface area contributed by atoms with Crippen LogP contribution in [-0.2, 0) is 0 Å². The van der Waals surface area contributed by atoms with Gasteiger partial charge in [0.15, 0.2) is 0 Å². The minimum atomic E-state index is -1.05. The van der Waals surface area contributed by atoms with Gasteiger partial charge in [-0.05, 0) is 18.6 Å². The molecule has 0 saturated carbocycles. The highest BCUT2D eigenvalue weighted by Gasteiger charge is 2.21. The van der Waals surface area contributed by atoms with Gasteiger partial charge in [0.25, 0.3) is 0 Å². The molecule has 0 aliphatic heterocycles. The molecular weight excluding hydrogens is 240 g/mol. The van der Waals surface area contributed by atoms with E-state index in [1.54, 1.807) is 0 Å². The molecule has 2 atom stereocenters. The van der Waals surface area contributed by atoms with Crippen LogP contribution >= 0.6 is 24.0 Å². The Hall–Kier alpha value is -0.350. The van der Waals surface area contributed by atoms with E-state index in [4.69, 9.17) is 17.3 Å². The van der Waals surface area contributed by atoms with Crippen molar-refractivity contribution in [1.82, 2.24) is 0 Å². The van der Waals surface area contributed by atoms with E-state index in [1.165, 1.54) is 18.2 Å². The minimum Gasteiger partial charge on any atom is -0.387 e. The first-order chi connectivity index (χ1) is 6.57. The lowest BCUT2D eigenvalue weighted by Crippen LogP contribution is -2.28. The fraction of sp³-hybridized carbons (Fsp3) is 0.400. The van der Waals surface area contributed by atoms with Crippen molar-refractivity contribution in [3.63, 3.8) is 0 Å². The molecule has 1 aromatic carbocycles. The van der Waals surface area contributed by atoms with E-state index in [2.05, 4.69) is 0 Å². The molecule has 0 aliphatic carbocycles. The maximum atomic E-state index is 13.3. The zero-order valence-corrected chi connectivity index (χ0v) is 9.86. The fourth-order valence-corrected chi connectivity index (χ4v) is 1.51. The Bertz CT molecular complexity index is 302. The molecule has 2 nitrogen and oxygen atoms in total. The maximum absolute atomic E-state index is 13.3. The van der Waals surface area contributed by atoms with Crippen LogP contribution in [0, 0.1) is 5.82 Å². The summed E-state index contributed by atoms with van der Waals surface area (Å²) >= 11 is 5.77. The Morgan fingerprint density at radius 1 is 1.53 bits per heavy atom. The average molecular weight is 254 g/mol. The van der Waals surface area contributed by atoms with Crippen molar-refractivity contribution in [1.29, 1.82) is 0 Å². The van der Waals surface area contributed by atoms with Gasteiger partial charge in [-0.3, -0.25) is 0 Å². The van der Waals surface area contributed by atoms with E-state index in [1.807, 2.05) is 6.92 Å². The predicted octanol–water partition coefficient (Wildman–Crippen LogP) is 2.67. The Labute approximate surface area is 99.6 Å². The van der Waals surface area contributed by atoms with Crippen molar-refractivity contribution >= 4 is 24.0 Å². The summed E-state index contributed by atoms with van der Waals surface area (Å²) < 4.78 is 13.3. The predicted molar refractivity (Wildman–Crippen MR) is 61.9 cm³/mol. The van der Waals surface area contributed by atoms with Crippen molar-refractivity contribution in [2.24, 2.45) is 5.73 Å². The molecule has 1 rings (SSSR count). The fourth-order valence-electron chi connectivity index (χ4n) is 1.23. The smallest absolute Gasteiger partial charge is 0.130 e. The van der Waals surface area contributed by atoms with Crippen LogP contribution in [0.15, 0.2) is 18.2 Å². The van der Waals surface area contributed by atoms with Gasteiger partial charge in [-0.1, -0.05) is 24.6 Å². The molecule has 0 bridgehead atoms. The summed E-state index contributed by atoms with van der Waals surface area (Å²) in [6.45, 7) is 1.82. The topological polar surface area (TPSA) is 46.2 Å². The Morgan fingerprint density at radius 2 is 2.13 bits per heavy atom. The summed E-state index contributed by atoms with van der Waals surface area (Å²) in [5.74, 6) is -0.520. The van der Waals surface area contributed by atoms with E-state index in [0.717, 1.165) is 0 Å². The standard InChI is InChI=1S/C10H13ClFNO.ClH/c1-2-8(13)10(14)9-6(11)4-3-5-7(9)12;/h3-5,8,10,14H,2,13H2,1H3;1H. The molecule has 0 aliphatic rings. The number of rotatable bonds is 3. The third-order valence-electron chi connectivity index (χ3n) is 2.17. The number of benzene rings is 1. The molecule has 0 fully saturated rings. The van der Waals surface area contributed by atoms with Crippen molar-refractivity contribution < 1.29 is 9.50 Å². The van der Waals surface area contributed by atoms with Gasteiger partial charge in [-0.2, -0.15) is 0 Å². The van der Waals surface area contributed by atoms with Gasteiger partial charge in [0.1, 0.15) is 5.82 Å². The lowest BCUT2D eigenvalue weighted by Gasteiger charge is -2.19. The molecule has 0 amide bonds. The first kappa shape index (κ1) is 14.6. The van der Waals surface area contributed by atoms with Crippen LogP contribution in [0.4, 0.5) is 4.39 Å². The molecule has 0 aromatic heterocycles. The largest absolute Gasteiger partial charge is 0.387 e. The van der Waals surface area contributed by atoms with Crippen LogP contribution in [0.25, 0.3) is 0 Å². The third kappa shape index (κ3) is 3.31. The summed E-state index contributed by atoms with van der Waals surface area (Å²) in [7, 11) is 0. The lowest BCUT2D eigenvalue weighted by molar-refractivity contribution is 0.140. The summed E-state index contributed by atoms with van der Waals surface area (Å²) in [6, 6.07) is 3.79. The zero-order chi connectivity index (χ0) is 10.7. The van der Waals surface area contributed by atoms with E-state index in [-0.39, 0.29) is 23.0 Å². The second-order valence-electron chi connectivity index (χ2n) is 3.15. The number of nitrogens with two attached hydrogens (primary N) is 1. The normalized spacial score (nSPS) is 14.2. The highest BCUT2D eigenvalue weighted by Crippen LogP contribution is 2.27. The summed E-state index contributed by atoms with van der Waals surface area (Å²) in [4.78, 5) is 0. The number of hydrogen-bond acceptors (Lipinski definition) is 2. The van der Waals surface area contributed by atoms with Crippen LogP contribution in [0.3, 0.4) is 0 Å². The molecule has 2 unspecified atom stereocenters. The van der Waals surface area contributed by atoms with Crippen molar-refractivity contribution in [3.05, 3.63) is 34.6 Å². The van der Waals surface area contributed by atoms with Crippen LogP contribution in [0.1, 0.15) is 25.0 Å². The summed E-state index contributed by atoms with van der Waals surface area (Å²) in [6.07, 6.45) is -0.486. The highest BCUT2D eigenvalue weighted by molar-refractivity contribution is 6.31. The van der Waals surface area contributed by atoms with Gasteiger partial charge < -0.3 is 10.8 Å². The molecule has 0 radical (unpaired) electrons. The molecule has 0 spiro atoms. The summed E-state index contributed by atoms with van der Waals surface area (Å²) in [5.41, 5.74) is 5.70. The molecule has 0 heterocycles. The lowest BCUT2D eigenvalue weighted by atomic mass is 10.0. The number of aliphatic hydroxyl groups is 1. The molecule has 0 saturated heterocycles. The van der Waals surface area contributed by atoms with E-state index in [9.17, 15) is 9.50 Å². The maximum Gasteiger partial charge on any atom is 0.130 e. The molecule has 15 heavy (non-hydrogen) atoms. The van der Waals surface area contributed by atoms with Crippen molar-refractivity contribution in [2.45, 2.75) is 25.5 Å². The molecule has 3 N–H and O–H groups in total. The van der Waals surface area contributed by atoms with Crippen LogP contribution in [-0.4, -0.2) is 11.1 Å². The first-order valence-corrected chi connectivity index (χ1v) is 4.83. The Balaban J connectivity index is 0.00000196. The van der Waals surface area contributed by atoms with Crippen molar-refractivity contribution in [3.8, 4) is 0 Å². The Kier molecular flexibility index (Phi) is 6.13. The van der Waals surface area contributed by atoms with E-state index < -0.39 is 18.0 Å².